The molecular formula is C18H18ClF3N2O4. The van der Waals surface area contributed by atoms with Gasteiger partial charge in [0.1, 0.15) is 24.2 Å². The van der Waals surface area contributed by atoms with Crippen LogP contribution in [0.2, 0.25) is 5.02 Å². The fraction of sp³-hybridized carbons (Fsp3) is 0.278. The number of hydrogen-bond acceptors (Lipinski definition) is 4. The predicted octanol–water partition coefficient (Wildman–Crippen LogP) is 3.93. The summed E-state index contributed by atoms with van der Waals surface area (Å²) in [5.41, 5.74) is -0.437. The molecular weight excluding hydrogens is 401 g/mol. The van der Waals surface area contributed by atoms with Gasteiger partial charge >= 0.3 is 12.2 Å². The lowest BCUT2D eigenvalue weighted by atomic mass is 10.2. The Balaban J connectivity index is 1.78. The van der Waals surface area contributed by atoms with Crippen LogP contribution in [0.5, 0.6) is 11.5 Å². The number of alkyl halides is 3. The predicted molar refractivity (Wildman–Crippen MR) is 98.0 cm³/mol. The van der Waals surface area contributed by atoms with Gasteiger partial charge in [-0.15, -0.1) is 0 Å². The minimum absolute atomic E-state index is 0.0359. The summed E-state index contributed by atoms with van der Waals surface area (Å²) in [6, 6.07) is 8.35. The molecule has 0 heterocycles. The van der Waals surface area contributed by atoms with Crippen LogP contribution in [0.4, 0.5) is 23.7 Å². The molecule has 152 valence electrons. The molecule has 2 rings (SSSR count). The largest absolute Gasteiger partial charge is 0.495 e. The highest BCUT2D eigenvalue weighted by Gasteiger charge is 2.30. The van der Waals surface area contributed by atoms with E-state index in [4.69, 9.17) is 21.1 Å². The third-order valence-corrected chi connectivity index (χ3v) is 3.81. The number of aliphatic hydroxyl groups excluding tert-OH is 1. The molecule has 0 aromatic heterocycles. The summed E-state index contributed by atoms with van der Waals surface area (Å²) in [6.07, 6.45) is -5.61. The molecule has 0 aliphatic rings. The Hall–Kier alpha value is -2.65. The number of carbonyl (C=O) groups is 1. The van der Waals surface area contributed by atoms with Crippen molar-refractivity contribution in [3.8, 4) is 11.5 Å². The summed E-state index contributed by atoms with van der Waals surface area (Å²) in [7, 11) is 1.46. The average molecular weight is 419 g/mol. The molecule has 2 amide bonds. The SMILES string of the molecule is COc1ccc(NC(=O)NC[C@@H](O)COc2cccc(C(F)(F)F)c2)cc1Cl. The molecule has 6 nitrogen and oxygen atoms in total. The average Bonchev–Trinajstić information content (AvgIpc) is 2.64. The van der Waals surface area contributed by atoms with E-state index in [1.807, 2.05) is 0 Å². The summed E-state index contributed by atoms with van der Waals surface area (Å²) in [6.45, 7) is -0.468. The second-order valence-corrected chi connectivity index (χ2v) is 6.08. The number of carbonyl (C=O) groups excluding carboxylic acids is 1. The standard InChI is InChI=1S/C18H18ClF3N2O4/c1-27-16-6-5-12(8-15(16)19)24-17(26)23-9-13(25)10-28-14-4-2-3-11(7-14)18(20,21)22/h2-8,13,25H,9-10H2,1H3,(H2,23,24,26)/t13-/m1/s1. The Labute approximate surface area is 164 Å². The van der Waals surface area contributed by atoms with Gasteiger partial charge < -0.3 is 25.2 Å². The summed E-state index contributed by atoms with van der Waals surface area (Å²) < 4.78 is 48.1. The summed E-state index contributed by atoms with van der Waals surface area (Å²) in [5, 5.41) is 15.1. The van der Waals surface area contributed by atoms with E-state index in [-0.39, 0.29) is 18.9 Å². The molecule has 0 saturated carbocycles. The zero-order valence-electron chi connectivity index (χ0n) is 14.7. The molecule has 0 unspecified atom stereocenters. The van der Waals surface area contributed by atoms with Crippen molar-refractivity contribution in [1.82, 2.24) is 5.32 Å². The molecule has 0 saturated heterocycles. The van der Waals surface area contributed by atoms with E-state index < -0.39 is 23.9 Å². The number of rotatable bonds is 7. The minimum Gasteiger partial charge on any atom is -0.495 e. The van der Waals surface area contributed by atoms with E-state index in [2.05, 4.69) is 10.6 Å². The number of amides is 2. The number of hydrogen-bond donors (Lipinski definition) is 3. The first kappa shape index (κ1) is 21.6. The number of ether oxygens (including phenoxy) is 2. The molecule has 28 heavy (non-hydrogen) atoms. The molecule has 3 N–H and O–H groups in total. The lowest BCUT2D eigenvalue weighted by Gasteiger charge is -2.15. The number of aliphatic hydroxyl groups is 1. The highest BCUT2D eigenvalue weighted by atomic mass is 35.5. The van der Waals surface area contributed by atoms with Gasteiger partial charge in [-0.1, -0.05) is 17.7 Å². The van der Waals surface area contributed by atoms with Crippen molar-refractivity contribution in [3.05, 3.63) is 53.1 Å². The second-order valence-electron chi connectivity index (χ2n) is 5.67. The normalized spacial score (nSPS) is 12.2. The lowest BCUT2D eigenvalue weighted by Crippen LogP contribution is -2.37. The summed E-state index contributed by atoms with van der Waals surface area (Å²) in [5.74, 6) is 0.418. The van der Waals surface area contributed by atoms with E-state index in [1.54, 1.807) is 12.1 Å². The molecule has 0 fully saturated rings. The Morgan fingerprint density at radius 1 is 1.25 bits per heavy atom. The topological polar surface area (TPSA) is 79.8 Å². The Kier molecular flexibility index (Phi) is 7.36. The van der Waals surface area contributed by atoms with Crippen molar-refractivity contribution in [2.75, 3.05) is 25.6 Å². The summed E-state index contributed by atoms with van der Waals surface area (Å²) >= 11 is 5.96. The van der Waals surface area contributed by atoms with Gasteiger partial charge in [0.15, 0.2) is 0 Å². The van der Waals surface area contributed by atoms with Crippen LogP contribution in [0.15, 0.2) is 42.5 Å². The van der Waals surface area contributed by atoms with Crippen LogP contribution in [0, 0.1) is 0 Å². The van der Waals surface area contributed by atoms with Gasteiger partial charge in [-0.25, -0.2) is 4.79 Å². The minimum atomic E-state index is -4.48. The van der Waals surface area contributed by atoms with Crippen LogP contribution in [0.3, 0.4) is 0 Å². The van der Waals surface area contributed by atoms with E-state index in [0.717, 1.165) is 12.1 Å². The molecule has 1 atom stereocenters. The van der Waals surface area contributed by atoms with Gasteiger partial charge in [0.2, 0.25) is 0 Å². The van der Waals surface area contributed by atoms with Crippen molar-refractivity contribution in [2.45, 2.75) is 12.3 Å². The maximum absolute atomic E-state index is 12.6. The third-order valence-electron chi connectivity index (χ3n) is 3.51. The van der Waals surface area contributed by atoms with Crippen molar-refractivity contribution in [3.63, 3.8) is 0 Å². The molecule has 10 heteroatoms. The Bertz CT molecular complexity index is 818. The smallest absolute Gasteiger partial charge is 0.416 e. The van der Waals surface area contributed by atoms with Crippen LogP contribution in [-0.4, -0.2) is 37.5 Å². The van der Waals surface area contributed by atoms with E-state index in [1.165, 1.54) is 25.3 Å². The fourth-order valence-electron chi connectivity index (χ4n) is 2.14. The van der Waals surface area contributed by atoms with Crippen LogP contribution < -0.4 is 20.1 Å². The fourth-order valence-corrected chi connectivity index (χ4v) is 2.40. The molecule has 2 aromatic rings. The zero-order chi connectivity index (χ0) is 20.7. The van der Waals surface area contributed by atoms with Crippen LogP contribution in [-0.2, 0) is 6.18 Å². The van der Waals surface area contributed by atoms with Gasteiger partial charge in [-0.3, -0.25) is 0 Å². The molecule has 0 spiro atoms. The summed E-state index contributed by atoms with van der Waals surface area (Å²) in [4.78, 5) is 11.8. The molecule has 0 radical (unpaired) electrons. The Morgan fingerprint density at radius 3 is 2.64 bits per heavy atom. The number of nitrogens with one attached hydrogen (secondary N) is 2. The van der Waals surface area contributed by atoms with Gasteiger partial charge in [0, 0.05) is 12.2 Å². The van der Waals surface area contributed by atoms with Crippen molar-refractivity contribution in [1.29, 1.82) is 0 Å². The third kappa shape index (κ3) is 6.50. The highest BCUT2D eigenvalue weighted by Crippen LogP contribution is 2.31. The van der Waals surface area contributed by atoms with Crippen molar-refractivity contribution in [2.24, 2.45) is 0 Å². The van der Waals surface area contributed by atoms with Gasteiger partial charge in [0.05, 0.1) is 17.7 Å². The number of benzene rings is 2. The highest BCUT2D eigenvalue weighted by molar-refractivity contribution is 6.32. The molecule has 0 bridgehead atoms. The maximum Gasteiger partial charge on any atom is 0.416 e. The number of methoxy groups -OCH3 is 1. The molecule has 2 aromatic carbocycles. The van der Waals surface area contributed by atoms with Crippen LogP contribution >= 0.6 is 11.6 Å². The first-order valence-electron chi connectivity index (χ1n) is 8.05. The number of anilines is 1. The second kappa shape index (κ2) is 9.52. The molecule has 0 aliphatic heterocycles. The zero-order valence-corrected chi connectivity index (χ0v) is 15.5. The van der Waals surface area contributed by atoms with E-state index >= 15 is 0 Å². The van der Waals surface area contributed by atoms with Gasteiger partial charge in [-0.2, -0.15) is 13.2 Å². The quantitative estimate of drug-likeness (QED) is 0.636. The van der Waals surface area contributed by atoms with Crippen molar-refractivity contribution >= 4 is 23.3 Å². The lowest BCUT2D eigenvalue weighted by molar-refractivity contribution is -0.137. The van der Waals surface area contributed by atoms with Crippen molar-refractivity contribution < 1.29 is 32.5 Å². The van der Waals surface area contributed by atoms with Gasteiger partial charge in [0.25, 0.3) is 0 Å². The Morgan fingerprint density at radius 2 is 2.00 bits per heavy atom. The number of urea groups is 1. The monoisotopic (exact) mass is 418 g/mol. The van der Waals surface area contributed by atoms with Gasteiger partial charge in [-0.05, 0) is 36.4 Å². The van der Waals surface area contributed by atoms with Crippen LogP contribution in [0.1, 0.15) is 5.56 Å². The molecule has 0 aliphatic carbocycles. The number of halogens is 4. The maximum atomic E-state index is 12.6. The van der Waals surface area contributed by atoms with E-state index in [9.17, 15) is 23.1 Å². The first-order valence-corrected chi connectivity index (χ1v) is 8.43. The van der Waals surface area contributed by atoms with Crippen LogP contribution in [0.25, 0.3) is 0 Å². The first-order chi connectivity index (χ1) is 13.2. The van der Waals surface area contributed by atoms with E-state index in [0.29, 0.717) is 16.5 Å².